The van der Waals surface area contributed by atoms with E-state index in [1.165, 1.54) is 31.1 Å². The number of phenols is 1. The molecule has 0 radical (unpaired) electrons. The highest BCUT2D eigenvalue weighted by Crippen LogP contribution is 2.44. The van der Waals surface area contributed by atoms with Crippen molar-refractivity contribution in [1.29, 1.82) is 0 Å². The number of phenolic OH excluding ortho intramolecular Hbond substituents is 1. The molecule has 0 unspecified atom stereocenters. The number of ketones is 2. The number of aromatic nitrogens is 1. The fourth-order valence-electron chi connectivity index (χ4n) is 3.72. The molecule has 4 rings (SSSR count). The second-order valence-electron chi connectivity index (χ2n) is 7.46. The highest BCUT2D eigenvalue weighted by Gasteiger charge is 2.48. The Kier molecular flexibility index (Phi) is 5.73. The van der Waals surface area contributed by atoms with Crippen LogP contribution >= 0.6 is 11.3 Å². The molecular weight excluding hydrogens is 444 g/mol. The number of hydrogen-bond acceptors (Lipinski definition) is 8. The van der Waals surface area contributed by atoms with Crippen LogP contribution in [-0.2, 0) is 9.59 Å². The van der Waals surface area contributed by atoms with E-state index in [0.717, 1.165) is 11.3 Å². The normalized spacial score (nSPS) is 17.4. The minimum Gasteiger partial charge on any atom is -0.508 e. The van der Waals surface area contributed by atoms with Crippen molar-refractivity contribution in [2.24, 2.45) is 0 Å². The van der Waals surface area contributed by atoms with E-state index in [-0.39, 0.29) is 28.0 Å². The molecule has 2 heterocycles. The third-order valence-corrected chi connectivity index (χ3v) is 6.59. The van der Waals surface area contributed by atoms with Crippen LogP contribution in [0, 0.1) is 6.92 Å². The first-order chi connectivity index (χ1) is 15.7. The summed E-state index contributed by atoms with van der Waals surface area (Å²) in [5.41, 5.74) is 1.15. The maximum Gasteiger partial charge on any atom is 0.301 e. The number of nitrogens with zero attached hydrogens (tertiary/aromatic N) is 2. The van der Waals surface area contributed by atoms with Crippen molar-refractivity contribution in [3.63, 3.8) is 0 Å². The zero-order chi connectivity index (χ0) is 23.9. The van der Waals surface area contributed by atoms with E-state index in [4.69, 9.17) is 4.74 Å². The van der Waals surface area contributed by atoms with Crippen molar-refractivity contribution in [1.82, 2.24) is 4.98 Å². The fourth-order valence-corrected chi connectivity index (χ4v) is 4.71. The predicted molar refractivity (Wildman–Crippen MR) is 123 cm³/mol. The molecule has 9 heteroatoms. The number of aryl methyl sites for hydroxylation is 1. The number of Topliss-reactive ketones (excluding diaryl/α,β-unsaturated/α-hetero) is 2. The molecular formula is C24H20N2O6S. The van der Waals surface area contributed by atoms with Crippen molar-refractivity contribution in [2.75, 3.05) is 12.0 Å². The van der Waals surface area contributed by atoms with Crippen LogP contribution < -0.4 is 9.64 Å². The van der Waals surface area contributed by atoms with E-state index >= 15 is 0 Å². The van der Waals surface area contributed by atoms with Crippen molar-refractivity contribution in [2.45, 2.75) is 19.9 Å². The molecule has 1 aromatic heterocycles. The Morgan fingerprint density at radius 3 is 2.27 bits per heavy atom. The summed E-state index contributed by atoms with van der Waals surface area (Å²) in [6.45, 7) is 3.06. The van der Waals surface area contributed by atoms with Crippen LogP contribution in [0.4, 0.5) is 5.13 Å². The lowest BCUT2D eigenvalue weighted by molar-refractivity contribution is -0.132. The lowest BCUT2D eigenvalue weighted by Gasteiger charge is -2.23. The maximum atomic E-state index is 13.1. The van der Waals surface area contributed by atoms with E-state index in [2.05, 4.69) is 4.98 Å². The number of aliphatic hydroxyl groups is 1. The molecule has 1 amide bonds. The largest absolute Gasteiger partial charge is 0.508 e. The molecule has 1 atom stereocenters. The molecule has 2 N–H and O–H groups in total. The lowest BCUT2D eigenvalue weighted by Crippen LogP contribution is -2.29. The Morgan fingerprint density at radius 2 is 1.73 bits per heavy atom. The van der Waals surface area contributed by atoms with Crippen LogP contribution in [0.1, 0.15) is 39.5 Å². The lowest BCUT2D eigenvalue weighted by atomic mass is 9.95. The third kappa shape index (κ3) is 3.87. The Balaban J connectivity index is 1.92. The molecule has 0 spiro atoms. The molecule has 2 aromatic carbocycles. The van der Waals surface area contributed by atoms with E-state index in [9.17, 15) is 24.6 Å². The zero-order valence-electron chi connectivity index (χ0n) is 18.0. The van der Waals surface area contributed by atoms with Crippen molar-refractivity contribution in [3.8, 4) is 11.5 Å². The third-order valence-electron chi connectivity index (χ3n) is 5.33. The van der Waals surface area contributed by atoms with Gasteiger partial charge in [-0.3, -0.25) is 19.3 Å². The number of methoxy groups -OCH3 is 1. The van der Waals surface area contributed by atoms with Crippen LogP contribution in [0.3, 0.4) is 0 Å². The first-order valence-electron chi connectivity index (χ1n) is 9.95. The topological polar surface area (TPSA) is 117 Å². The molecule has 1 aliphatic heterocycles. The fraction of sp³-hybridized carbons (Fsp3) is 0.167. The first-order valence-corrected chi connectivity index (χ1v) is 10.8. The zero-order valence-corrected chi connectivity index (χ0v) is 18.8. The highest BCUT2D eigenvalue weighted by atomic mass is 32.1. The van der Waals surface area contributed by atoms with Gasteiger partial charge in [0.2, 0.25) is 0 Å². The molecule has 1 saturated heterocycles. The Morgan fingerprint density at radius 1 is 1.09 bits per heavy atom. The number of aromatic hydroxyl groups is 1. The second kappa shape index (κ2) is 8.51. The van der Waals surface area contributed by atoms with Gasteiger partial charge in [-0.05, 0) is 48.9 Å². The summed E-state index contributed by atoms with van der Waals surface area (Å²) in [6, 6.07) is 11.4. The summed E-state index contributed by atoms with van der Waals surface area (Å²) in [7, 11) is 1.51. The number of carbonyl (C=O) groups is 3. The van der Waals surface area contributed by atoms with Gasteiger partial charge < -0.3 is 14.9 Å². The van der Waals surface area contributed by atoms with Gasteiger partial charge in [0.15, 0.2) is 10.9 Å². The molecule has 8 nitrogen and oxygen atoms in total. The van der Waals surface area contributed by atoms with Gasteiger partial charge in [0, 0.05) is 12.5 Å². The first kappa shape index (κ1) is 22.2. The van der Waals surface area contributed by atoms with Gasteiger partial charge in [-0.2, -0.15) is 0 Å². The minimum absolute atomic E-state index is 0.00909. The number of hydrogen-bond donors (Lipinski definition) is 2. The number of amides is 1. The van der Waals surface area contributed by atoms with E-state index in [1.807, 2.05) is 0 Å². The molecule has 3 aromatic rings. The number of benzene rings is 2. The van der Waals surface area contributed by atoms with Gasteiger partial charge in [0.25, 0.3) is 5.78 Å². The highest BCUT2D eigenvalue weighted by molar-refractivity contribution is 7.18. The number of aliphatic hydroxyl groups excluding tert-OH is 1. The molecule has 0 bridgehead atoms. The predicted octanol–water partition coefficient (Wildman–Crippen LogP) is 3.99. The molecule has 0 aliphatic carbocycles. The summed E-state index contributed by atoms with van der Waals surface area (Å²) in [6.07, 6.45) is 0. The Labute approximate surface area is 193 Å². The van der Waals surface area contributed by atoms with Crippen LogP contribution in [0.2, 0.25) is 0 Å². The van der Waals surface area contributed by atoms with Crippen molar-refractivity contribution >= 4 is 39.7 Å². The van der Waals surface area contributed by atoms with Gasteiger partial charge in [-0.15, -0.1) is 0 Å². The quantitative estimate of drug-likeness (QED) is 0.254. The molecule has 168 valence electrons. The van der Waals surface area contributed by atoms with Gasteiger partial charge in [-0.1, -0.05) is 23.5 Å². The van der Waals surface area contributed by atoms with E-state index < -0.39 is 17.7 Å². The maximum absolute atomic E-state index is 13.1. The van der Waals surface area contributed by atoms with Gasteiger partial charge >= 0.3 is 5.91 Å². The average molecular weight is 464 g/mol. The van der Waals surface area contributed by atoms with Gasteiger partial charge in [0.1, 0.15) is 17.3 Å². The minimum atomic E-state index is -1.00. The van der Waals surface area contributed by atoms with Crippen LogP contribution in [0.5, 0.6) is 11.5 Å². The monoisotopic (exact) mass is 464 g/mol. The van der Waals surface area contributed by atoms with Gasteiger partial charge in [0.05, 0.1) is 29.3 Å². The summed E-state index contributed by atoms with van der Waals surface area (Å²) in [4.78, 5) is 44.1. The van der Waals surface area contributed by atoms with E-state index in [1.54, 1.807) is 43.3 Å². The van der Waals surface area contributed by atoms with E-state index in [0.29, 0.717) is 27.4 Å². The molecule has 0 saturated carbocycles. The number of anilines is 1. The number of carbonyl (C=O) groups excluding carboxylic acids is 3. The number of ether oxygens (including phenoxy) is 1. The summed E-state index contributed by atoms with van der Waals surface area (Å²) in [5.74, 6) is -1.72. The summed E-state index contributed by atoms with van der Waals surface area (Å²) < 4.78 is 5.14. The summed E-state index contributed by atoms with van der Waals surface area (Å²) >= 11 is 1.01. The molecule has 1 fully saturated rings. The second-order valence-corrected chi connectivity index (χ2v) is 8.43. The molecule has 1 aliphatic rings. The van der Waals surface area contributed by atoms with Gasteiger partial charge in [-0.25, -0.2) is 4.98 Å². The Hall–Kier alpha value is -3.98. The smallest absolute Gasteiger partial charge is 0.301 e. The average Bonchev–Trinajstić information content (AvgIpc) is 3.31. The van der Waals surface area contributed by atoms with Crippen LogP contribution in [-0.4, -0.2) is 39.8 Å². The van der Waals surface area contributed by atoms with Crippen LogP contribution in [0.25, 0.3) is 5.76 Å². The van der Waals surface area contributed by atoms with Crippen molar-refractivity contribution in [3.05, 3.63) is 75.8 Å². The number of rotatable bonds is 5. The molecule has 33 heavy (non-hydrogen) atoms. The Bertz CT molecular complexity index is 1290. The van der Waals surface area contributed by atoms with Crippen LogP contribution in [0.15, 0.2) is 54.1 Å². The SMILES string of the molecule is COc1ccc(C(O)=C2C(=O)C(=O)N(c3nc(C)c(C(C)=O)s3)[C@@H]2c2ccc(O)cc2)cc1. The van der Waals surface area contributed by atoms with Crippen molar-refractivity contribution < 1.29 is 29.3 Å². The standard InChI is InChI=1S/C24H20N2O6S/c1-12-22(13(2)27)33-24(25-12)26-19(14-4-8-16(28)9-5-14)18(21(30)23(26)31)20(29)15-6-10-17(32-3)11-7-15/h4-11,19,28-29H,1-3H3/t19-/m1/s1. The number of thiazole rings is 1. The summed E-state index contributed by atoms with van der Waals surface area (Å²) in [5, 5.41) is 21.0.